The molecular weight excluding hydrogens is 260 g/mol. The Labute approximate surface area is 124 Å². The van der Waals surface area contributed by atoms with Gasteiger partial charge in [-0.25, -0.2) is 0 Å². The first-order valence-electron chi connectivity index (χ1n) is 7.39. The van der Waals surface area contributed by atoms with Gasteiger partial charge in [-0.1, -0.05) is 36.4 Å². The van der Waals surface area contributed by atoms with E-state index in [1.54, 1.807) is 0 Å². The molecule has 2 aromatic rings. The molecule has 0 aliphatic carbocycles. The molecule has 4 rings (SSSR count). The zero-order valence-electron chi connectivity index (χ0n) is 12.3. The second-order valence-electron chi connectivity index (χ2n) is 5.94. The molecule has 2 heterocycles. The molecule has 2 aromatic carbocycles. The van der Waals surface area contributed by atoms with Crippen LogP contribution in [0.4, 0.5) is 0 Å². The first kappa shape index (κ1) is 12.6. The monoisotopic (exact) mass is 278 g/mol. The average molecular weight is 278 g/mol. The predicted molar refractivity (Wildman–Crippen MR) is 82.2 cm³/mol. The summed E-state index contributed by atoms with van der Waals surface area (Å²) in [7, 11) is 0. The van der Waals surface area contributed by atoms with Crippen molar-refractivity contribution < 1.29 is 4.79 Å². The summed E-state index contributed by atoms with van der Waals surface area (Å²) in [6.45, 7) is 5.75. The van der Waals surface area contributed by atoms with E-state index in [0.717, 1.165) is 29.8 Å². The molecule has 0 spiro atoms. The molecule has 1 fully saturated rings. The fraction of sp³-hybridized carbons (Fsp3) is 0.278. The van der Waals surface area contributed by atoms with Crippen LogP contribution in [-0.2, 0) is 5.66 Å². The average Bonchev–Trinajstić information content (AvgIpc) is 3.03. The lowest BCUT2D eigenvalue weighted by molar-refractivity contribution is 0.0694. The van der Waals surface area contributed by atoms with E-state index in [4.69, 9.17) is 0 Å². The standard InChI is InChI=1S/C18H18N2O/c1-12-10-15-16(11-13(12)2)18(14-6-4-3-5-7-14)19-8-9-20(18)17(15)21/h3-7,10-11,19H,8-9H2,1-2H3. The molecule has 1 amide bonds. The van der Waals surface area contributed by atoms with Crippen LogP contribution in [0.5, 0.6) is 0 Å². The summed E-state index contributed by atoms with van der Waals surface area (Å²) in [6.07, 6.45) is 0. The lowest BCUT2D eigenvalue weighted by Crippen LogP contribution is -2.46. The van der Waals surface area contributed by atoms with E-state index >= 15 is 0 Å². The molecule has 1 saturated heterocycles. The van der Waals surface area contributed by atoms with Crippen LogP contribution in [0.15, 0.2) is 42.5 Å². The maximum atomic E-state index is 12.8. The van der Waals surface area contributed by atoms with Gasteiger partial charge >= 0.3 is 0 Å². The van der Waals surface area contributed by atoms with Crippen molar-refractivity contribution in [1.82, 2.24) is 10.2 Å². The van der Waals surface area contributed by atoms with Crippen LogP contribution in [0.1, 0.15) is 32.6 Å². The van der Waals surface area contributed by atoms with Crippen LogP contribution in [0.3, 0.4) is 0 Å². The van der Waals surface area contributed by atoms with Gasteiger partial charge in [0.05, 0.1) is 0 Å². The summed E-state index contributed by atoms with van der Waals surface area (Å²) in [6, 6.07) is 14.5. The first-order valence-corrected chi connectivity index (χ1v) is 7.39. The van der Waals surface area contributed by atoms with E-state index in [-0.39, 0.29) is 5.91 Å². The zero-order chi connectivity index (χ0) is 14.6. The Morgan fingerprint density at radius 1 is 1.10 bits per heavy atom. The molecule has 0 aromatic heterocycles. The largest absolute Gasteiger partial charge is 0.311 e. The Bertz CT molecular complexity index is 738. The predicted octanol–water partition coefficient (Wildman–Crippen LogP) is 2.56. The van der Waals surface area contributed by atoms with Gasteiger partial charge in [-0.15, -0.1) is 0 Å². The van der Waals surface area contributed by atoms with Crippen LogP contribution in [0, 0.1) is 13.8 Å². The van der Waals surface area contributed by atoms with Gasteiger partial charge in [0.15, 0.2) is 0 Å². The number of nitrogens with zero attached hydrogens (tertiary/aromatic N) is 1. The lowest BCUT2D eigenvalue weighted by atomic mass is 9.89. The van der Waals surface area contributed by atoms with Crippen LogP contribution in [-0.4, -0.2) is 23.9 Å². The van der Waals surface area contributed by atoms with Crippen molar-refractivity contribution in [3.63, 3.8) is 0 Å². The molecule has 1 N–H and O–H groups in total. The number of hydrogen-bond acceptors (Lipinski definition) is 2. The topological polar surface area (TPSA) is 32.3 Å². The minimum atomic E-state index is -0.480. The smallest absolute Gasteiger partial charge is 0.256 e. The molecule has 3 nitrogen and oxygen atoms in total. The highest BCUT2D eigenvalue weighted by Gasteiger charge is 2.53. The number of nitrogens with one attached hydrogen (secondary N) is 1. The van der Waals surface area contributed by atoms with Crippen molar-refractivity contribution in [2.45, 2.75) is 19.5 Å². The van der Waals surface area contributed by atoms with Crippen LogP contribution < -0.4 is 5.32 Å². The van der Waals surface area contributed by atoms with Crippen molar-refractivity contribution in [2.24, 2.45) is 0 Å². The van der Waals surface area contributed by atoms with E-state index in [1.807, 2.05) is 29.2 Å². The number of hydrogen-bond donors (Lipinski definition) is 1. The van der Waals surface area contributed by atoms with Gasteiger partial charge in [-0.05, 0) is 36.6 Å². The van der Waals surface area contributed by atoms with Gasteiger partial charge in [-0.2, -0.15) is 0 Å². The van der Waals surface area contributed by atoms with E-state index in [0.29, 0.717) is 0 Å². The molecule has 21 heavy (non-hydrogen) atoms. The van der Waals surface area contributed by atoms with Crippen molar-refractivity contribution in [1.29, 1.82) is 0 Å². The Hall–Kier alpha value is -2.13. The Morgan fingerprint density at radius 2 is 1.81 bits per heavy atom. The highest BCUT2D eigenvalue weighted by Crippen LogP contribution is 2.44. The number of aryl methyl sites for hydroxylation is 2. The summed E-state index contributed by atoms with van der Waals surface area (Å²) in [5.74, 6) is 0.141. The van der Waals surface area contributed by atoms with Crippen molar-refractivity contribution >= 4 is 5.91 Å². The van der Waals surface area contributed by atoms with E-state index in [1.165, 1.54) is 11.1 Å². The number of benzene rings is 2. The van der Waals surface area contributed by atoms with E-state index in [9.17, 15) is 4.79 Å². The van der Waals surface area contributed by atoms with Gasteiger partial charge < -0.3 is 4.90 Å². The van der Waals surface area contributed by atoms with Crippen molar-refractivity contribution in [2.75, 3.05) is 13.1 Å². The Kier molecular flexibility index (Phi) is 2.51. The summed E-state index contributed by atoms with van der Waals surface area (Å²) >= 11 is 0. The summed E-state index contributed by atoms with van der Waals surface area (Å²) < 4.78 is 0. The Morgan fingerprint density at radius 3 is 2.57 bits per heavy atom. The molecule has 1 unspecified atom stereocenters. The van der Waals surface area contributed by atoms with Crippen LogP contribution >= 0.6 is 0 Å². The highest BCUT2D eigenvalue weighted by molar-refractivity contribution is 6.01. The van der Waals surface area contributed by atoms with Crippen LogP contribution in [0.2, 0.25) is 0 Å². The third-order valence-electron chi connectivity index (χ3n) is 4.81. The molecule has 2 aliphatic rings. The third kappa shape index (κ3) is 1.49. The second kappa shape index (κ2) is 4.18. The van der Waals surface area contributed by atoms with Gasteiger partial charge in [-0.3, -0.25) is 10.1 Å². The number of carbonyl (C=O) groups excluding carboxylic acids is 1. The maximum Gasteiger partial charge on any atom is 0.256 e. The van der Waals surface area contributed by atoms with E-state index < -0.39 is 5.66 Å². The van der Waals surface area contributed by atoms with Crippen LogP contribution in [0.25, 0.3) is 0 Å². The summed E-state index contributed by atoms with van der Waals surface area (Å²) in [5, 5.41) is 3.59. The molecule has 3 heteroatoms. The first-order chi connectivity index (χ1) is 10.1. The molecule has 2 aliphatic heterocycles. The SMILES string of the molecule is Cc1cc2c(cc1C)C1(c3ccccc3)NCCN1C2=O. The zero-order valence-corrected chi connectivity index (χ0v) is 12.3. The number of amides is 1. The minimum Gasteiger partial charge on any atom is -0.311 e. The fourth-order valence-corrected chi connectivity index (χ4v) is 3.64. The molecule has 0 radical (unpaired) electrons. The quantitative estimate of drug-likeness (QED) is 0.869. The highest BCUT2D eigenvalue weighted by atomic mass is 16.2. The minimum absolute atomic E-state index is 0.141. The second-order valence-corrected chi connectivity index (χ2v) is 5.94. The molecule has 0 saturated carbocycles. The molecule has 1 atom stereocenters. The fourth-order valence-electron chi connectivity index (χ4n) is 3.64. The normalized spacial score (nSPS) is 23.3. The molecular formula is C18H18N2O. The number of fused-ring (bicyclic) bond motifs is 3. The maximum absolute atomic E-state index is 12.8. The molecule has 106 valence electrons. The van der Waals surface area contributed by atoms with Gasteiger partial charge in [0.2, 0.25) is 0 Å². The summed E-state index contributed by atoms with van der Waals surface area (Å²) in [4.78, 5) is 14.8. The Balaban J connectivity index is 2.03. The van der Waals surface area contributed by atoms with E-state index in [2.05, 4.69) is 37.4 Å². The van der Waals surface area contributed by atoms with Gasteiger partial charge in [0.25, 0.3) is 5.91 Å². The van der Waals surface area contributed by atoms with Crippen molar-refractivity contribution in [3.8, 4) is 0 Å². The van der Waals surface area contributed by atoms with Gasteiger partial charge in [0, 0.05) is 24.2 Å². The summed E-state index contributed by atoms with van der Waals surface area (Å²) in [5.41, 5.74) is 5.00. The number of carbonyl (C=O) groups is 1. The van der Waals surface area contributed by atoms with Gasteiger partial charge in [0.1, 0.15) is 5.66 Å². The van der Waals surface area contributed by atoms with Crippen molar-refractivity contribution in [3.05, 3.63) is 70.3 Å². The number of rotatable bonds is 1. The third-order valence-corrected chi connectivity index (χ3v) is 4.81. The molecule has 0 bridgehead atoms. The lowest BCUT2D eigenvalue weighted by Gasteiger charge is -2.33.